The lowest BCUT2D eigenvalue weighted by Crippen LogP contribution is -2.12. The molecule has 0 aliphatic rings. The highest BCUT2D eigenvalue weighted by atomic mass is 16.6. The summed E-state index contributed by atoms with van der Waals surface area (Å²) in [6.45, 7) is -0.368. The van der Waals surface area contributed by atoms with Crippen LogP contribution < -0.4 is 4.74 Å². The van der Waals surface area contributed by atoms with Gasteiger partial charge in [0.05, 0.1) is 13.7 Å². The number of hydrogen-bond acceptors (Lipinski definition) is 5. The van der Waals surface area contributed by atoms with Crippen LogP contribution in [0.4, 0.5) is 0 Å². The third-order valence-corrected chi connectivity index (χ3v) is 3.02. The standard InChI is InChI=1S/C18H16O5/c1-22-18(21)16(10-11-19)23-15-9-5-8-14(12-15)17(20)13-6-3-2-4-7-13/h2-10,12,19H,11H2,1H3/b16-10-. The van der Waals surface area contributed by atoms with Crippen molar-refractivity contribution >= 4 is 11.8 Å². The quantitative estimate of drug-likeness (QED) is 0.384. The number of rotatable bonds is 6. The maximum Gasteiger partial charge on any atom is 0.373 e. The number of esters is 1. The van der Waals surface area contributed by atoms with Crippen molar-refractivity contribution in [3.05, 3.63) is 77.6 Å². The van der Waals surface area contributed by atoms with Crippen molar-refractivity contribution < 1.29 is 24.2 Å². The average Bonchev–Trinajstić information content (AvgIpc) is 2.61. The molecule has 0 spiro atoms. The van der Waals surface area contributed by atoms with Gasteiger partial charge >= 0.3 is 5.97 Å². The Hall–Kier alpha value is -2.92. The fraction of sp³-hybridized carbons (Fsp3) is 0.111. The van der Waals surface area contributed by atoms with Gasteiger partial charge in [-0.1, -0.05) is 42.5 Å². The van der Waals surface area contributed by atoms with Gasteiger partial charge in [-0.3, -0.25) is 4.79 Å². The number of hydrogen-bond donors (Lipinski definition) is 1. The van der Waals surface area contributed by atoms with E-state index in [0.29, 0.717) is 16.9 Å². The van der Waals surface area contributed by atoms with Crippen LogP contribution in [0, 0.1) is 0 Å². The lowest BCUT2D eigenvalue weighted by atomic mass is 10.0. The number of ketones is 1. The van der Waals surface area contributed by atoms with E-state index in [0.717, 1.165) is 0 Å². The summed E-state index contributed by atoms with van der Waals surface area (Å²) in [6.07, 6.45) is 1.19. The first-order valence-corrected chi connectivity index (χ1v) is 6.92. The Morgan fingerprint density at radius 1 is 1.04 bits per heavy atom. The molecule has 2 aromatic rings. The average molecular weight is 312 g/mol. The van der Waals surface area contributed by atoms with E-state index >= 15 is 0 Å². The van der Waals surface area contributed by atoms with Gasteiger partial charge in [0.2, 0.25) is 5.76 Å². The molecule has 0 radical (unpaired) electrons. The Morgan fingerprint density at radius 2 is 1.74 bits per heavy atom. The van der Waals surface area contributed by atoms with Crippen molar-refractivity contribution in [2.75, 3.05) is 13.7 Å². The minimum atomic E-state index is -0.709. The van der Waals surface area contributed by atoms with Crippen LogP contribution in [-0.4, -0.2) is 30.6 Å². The Bertz CT molecular complexity index is 719. The van der Waals surface area contributed by atoms with Gasteiger partial charge in [-0.15, -0.1) is 0 Å². The molecule has 0 aromatic heterocycles. The molecule has 0 aliphatic carbocycles. The maximum absolute atomic E-state index is 12.4. The summed E-state index contributed by atoms with van der Waals surface area (Å²) >= 11 is 0. The van der Waals surface area contributed by atoms with E-state index in [1.807, 2.05) is 6.07 Å². The topological polar surface area (TPSA) is 72.8 Å². The molecule has 0 fully saturated rings. The summed E-state index contributed by atoms with van der Waals surface area (Å²) in [4.78, 5) is 24.0. The summed E-state index contributed by atoms with van der Waals surface area (Å²) in [6, 6.07) is 15.3. The van der Waals surface area contributed by atoms with E-state index < -0.39 is 5.97 Å². The minimum absolute atomic E-state index is 0.140. The zero-order valence-corrected chi connectivity index (χ0v) is 12.6. The Labute approximate surface area is 133 Å². The highest BCUT2D eigenvalue weighted by Gasteiger charge is 2.14. The first-order valence-electron chi connectivity index (χ1n) is 6.92. The molecule has 5 heteroatoms. The maximum atomic E-state index is 12.4. The molecule has 23 heavy (non-hydrogen) atoms. The number of aliphatic hydroxyl groups is 1. The van der Waals surface area contributed by atoms with E-state index in [2.05, 4.69) is 4.74 Å². The first-order chi connectivity index (χ1) is 11.2. The fourth-order valence-corrected chi connectivity index (χ4v) is 1.93. The molecule has 0 aliphatic heterocycles. The highest BCUT2D eigenvalue weighted by Crippen LogP contribution is 2.19. The van der Waals surface area contributed by atoms with Crippen LogP contribution in [0.25, 0.3) is 0 Å². The summed E-state index contributed by atoms with van der Waals surface area (Å²) in [7, 11) is 1.21. The molecule has 2 aromatic carbocycles. The van der Waals surface area contributed by atoms with E-state index in [1.54, 1.807) is 42.5 Å². The van der Waals surface area contributed by atoms with Crippen molar-refractivity contribution in [2.24, 2.45) is 0 Å². The van der Waals surface area contributed by atoms with Crippen LogP contribution in [-0.2, 0) is 9.53 Å². The molecule has 118 valence electrons. The molecule has 0 atom stereocenters. The van der Waals surface area contributed by atoms with Gasteiger partial charge in [0, 0.05) is 11.1 Å². The lowest BCUT2D eigenvalue weighted by molar-refractivity contribution is -0.138. The van der Waals surface area contributed by atoms with Crippen molar-refractivity contribution in [1.29, 1.82) is 0 Å². The van der Waals surface area contributed by atoms with Gasteiger partial charge in [0.1, 0.15) is 5.75 Å². The number of carbonyl (C=O) groups excluding carboxylic acids is 2. The van der Waals surface area contributed by atoms with E-state index in [4.69, 9.17) is 9.84 Å². The van der Waals surface area contributed by atoms with Crippen LogP contribution in [0.15, 0.2) is 66.4 Å². The Morgan fingerprint density at radius 3 is 2.39 bits per heavy atom. The van der Waals surface area contributed by atoms with Gasteiger partial charge in [0.25, 0.3) is 0 Å². The molecule has 0 bridgehead atoms. The first kappa shape index (κ1) is 16.5. The zero-order chi connectivity index (χ0) is 16.7. The van der Waals surface area contributed by atoms with Gasteiger partial charge < -0.3 is 14.6 Å². The van der Waals surface area contributed by atoms with Gasteiger partial charge in [-0.05, 0) is 18.2 Å². The minimum Gasteiger partial charge on any atom is -0.463 e. The predicted octanol–water partition coefficient (Wildman–Crippen LogP) is 2.35. The second kappa shape index (κ2) is 7.91. The molecule has 0 saturated carbocycles. The number of benzene rings is 2. The molecular weight excluding hydrogens is 296 g/mol. The van der Waals surface area contributed by atoms with Crippen molar-refractivity contribution in [2.45, 2.75) is 0 Å². The van der Waals surface area contributed by atoms with E-state index in [1.165, 1.54) is 19.3 Å². The highest BCUT2D eigenvalue weighted by molar-refractivity contribution is 6.09. The normalized spacial score (nSPS) is 11.0. The molecule has 0 saturated heterocycles. The zero-order valence-electron chi connectivity index (χ0n) is 12.6. The summed E-state index contributed by atoms with van der Waals surface area (Å²) in [5, 5.41) is 8.93. The number of methoxy groups -OCH3 is 1. The van der Waals surface area contributed by atoms with Gasteiger partial charge in [-0.25, -0.2) is 4.79 Å². The van der Waals surface area contributed by atoms with Crippen molar-refractivity contribution in [3.8, 4) is 5.75 Å². The van der Waals surface area contributed by atoms with E-state index in [9.17, 15) is 9.59 Å². The van der Waals surface area contributed by atoms with Crippen LogP contribution in [0.1, 0.15) is 15.9 Å². The summed E-state index contributed by atoms with van der Waals surface area (Å²) in [5.74, 6) is -0.697. The number of ether oxygens (including phenoxy) is 2. The smallest absolute Gasteiger partial charge is 0.373 e. The lowest BCUT2D eigenvalue weighted by Gasteiger charge is -2.09. The van der Waals surface area contributed by atoms with Crippen molar-refractivity contribution in [1.82, 2.24) is 0 Å². The largest absolute Gasteiger partial charge is 0.463 e. The Kier molecular flexibility index (Phi) is 5.66. The summed E-state index contributed by atoms with van der Waals surface area (Å²) in [5.41, 5.74) is 0.991. The molecule has 0 amide bonds. The molecule has 1 N–H and O–H groups in total. The van der Waals surface area contributed by atoms with Crippen LogP contribution >= 0.6 is 0 Å². The molecule has 0 heterocycles. The van der Waals surface area contributed by atoms with Gasteiger partial charge in [0.15, 0.2) is 5.78 Å². The molecule has 2 rings (SSSR count). The monoisotopic (exact) mass is 312 g/mol. The fourth-order valence-electron chi connectivity index (χ4n) is 1.93. The van der Waals surface area contributed by atoms with Crippen LogP contribution in [0.5, 0.6) is 5.75 Å². The third kappa shape index (κ3) is 4.28. The van der Waals surface area contributed by atoms with E-state index in [-0.39, 0.29) is 18.1 Å². The second-order valence-corrected chi connectivity index (χ2v) is 4.57. The SMILES string of the molecule is COC(=O)/C(=C/CO)Oc1cccc(C(=O)c2ccccc2)c1. The predicted molar refractivity (Wildman–Crippen MR) is 84.1 cm³/mol. The molecule has 5 nitrogen and oxygen atoms in total. The van der Waals surface area contributed by atoms with Crippen LogP contribution in [0.2, 0.25) is 0 Å². The molecular formula is C18H16O5. The number of carbonyl (C=O) groups is 2. The van der Waals surface area contributed by atoms with Gasteiger partial charge in [-0.2, -0.15) is 0 Å². The summed E-state index contributed by atoms with van der Waals surface area (Å²) < 4.78 is 9.98. The molecule has 0 unspecified atom stereocenters. The van der Waals surface area contributed by atoms with Crippen molar-refractivity contribution in [3.63, 3.8) is 0 Å². The third-order valence-electron chi connectivity index (χ3n) is 3.02. The Balaban J connectivity index is 2.24. The number of aliphatic hydroxyl groups excluding tert-OH is 1. The second-order valence-electron chi connectivity index (χ2n) is 4.57. The van der Waals surface area contributed by atoms with Crippen LogP contribution in [0.3, 0.4) is 0 Å².